The van der Waals surface area contributed by atoms with E-state index in [0.717, 1.165) is 15.9 Å². The van der Waals surface area contributed by atoms with Crippen LogP contribution in [0.2, 0.25) is 10.0 Å². The number of carbonyl (C=O) groups excluding carboxylic acids is 1. The molecule has 0 aliphatic rings. The Morgan fingerprint density at radius 2 is 2.08 bits per heavy atom. The van der Waals surface area contributed by atoms with Crippen molar-refractivity contribution in [3.05, 3.63) is 57.1 Å². The monoisotopic (exact) mass is 408 g/mol. The smallest absolute Gasteiger partial charge is 0.300 e. The van der Waals surface area contributed by atoms with Crippen LogP contribution in [0, 0.1) is 6.92 Å². The van der Waals surface area contributed by atoms with Gasteiger partial charge in [0.2, 0.25) is 0 Å². The van der Waals surface area contributed by atoms with Crippen molar-refractivity contribution < 1.29 is 4.79 Å². The highest BCUT2D eigenvalue weighted by Gasteiger charge is 2.16. The predicted molar refractivity (Wildman–Crippen MR) is 107 cm³/mol. The van der Waals surface area contributed by atoms with E-state index in [-0.39, 0.29) is 6.04 Å². The van der Waals surface area contributed by atoms with Gasteiger partial charge in [0.1, 0.15) is 0 Å². The molecule has 8 heteroatoms. The molecule has 26 heavy (non-hydrogen) atoms. The van der Waals surface area contributed by atoms with Crippen LogP contribution in [-0.2, 0) is 6.54 Å². The summed E-state index contributed by atoms with van der Waals surface area (Å²) in [5, 5.41) is 5.49. The number of rotatable bonds is 4. The van der Waals surface area contributed by atoms with Gasteiger partial charge in [0.25, 0.3) is 5.91 Å². The van der Waals surface area contributed by atoms with Gasteiger partial charge in [0.15, 0.2) is 10.5 Å². The average molecular weight is 409 g/mol. The molecule has 0 saturated heterocycles. The van der Waals surface area contributed by atoms with Crippen LogP contribution < -0.4 is 4.80 Å². The summed E-state index contributed by atoms with van der Waals surface area (Å²) in [6.45, 7) is 10.2. The Hall–Kier alpha value is -1.89. The molecule has 0 bridgehead atoms. The fraction of sp³-hybridized carbons (Fsp3) is 0.278. The molecule has 0 atom stereocenters. The van der Waals surface area contributed by atoms with Gasteiger partial charge in [0, 0.05) is 18.3 Å². The first-order valence-electron chi connectivity index (χ1n) is 8.07. The lowest BCUT2D eigenvalue weighted by atomic mass is 10.3. The first-order chi connectivity index (χ1) is 12.3. The van der Waals surface area contributed by atoms with Crippen molar-refractivity contribution in [1.29, 1.82) is 0 Å². The molecule has 5 nitrogen and oxygen atoms in total. The van der Waals surface area contributed by atoms with E-state index in [0.29, 0.717) is 27.1 Å². The normalized spacial score (nSPS) is 12.3. The fourth-order valence-corrected chi connectivity index (χ4v) is 4.41. The third-order valence-electron chi connectivity index (χ3n) is 3.87. The molecule has 0 N–H and O–H groups in total. The van der Waals surface area contributed by atoms with E-state index in [1.165, 1.54) is 11.3 Å². The molecule has 136 valence electrons. The van der Waals surface area contributed by atoms with E-state index < -0.39 is 5.91 Å². The molecular weight excluding hydrogens is 391 g/mol. The van der Waals surface area contributed by atoms with Gasteiger partial charge in [-0.2, -0.15) is 10.1 Å². The Bertz CT molecular complexity index is 1070. The molecule has 0 aliphatic heterocycles. The van der Waals surface area contributed by atoms with Crippen molar-refractivity contribution in [3.8, 4) is 0 Å². The maximum absolute atomic E-state index is 12.7. The van der Waals surface area contributed by atoms with Gasteiger partial charge in [-0.3, -0.25) is 9.48 Å². The number of hydrogen-bond donors (Lipinski definition) is 0. The quantitative estimate of drug-likeness (QED) is 0.568. The number of fused-ring (bicyclic) bond motifs is 1. The van der Waals surface area contributed by atoms with Gasteiger partial charge in [-0.25, -0.2) is 0 Å². The highest BCUT2D eigenvalue weighted by atomic mass is 35.5. The zero-order valence-electron chi connectivity index (χ0n) is 14.7. The average Bonchev–Trinajstić information content (AvgIpc) is 3.14. The number of thiazole rings is 1. The molecule has 0 spiro atoms. The third kappa shape index (κ3) is 3.37. The number of aryl methyl sites for hydroxylation is 1. The Morgan fingerprint density at radius 1 is 1.38 bits per heavy atom. The minimum Gasteiger partial charge on any atom is -0.311 e. The topological polar surface area (TPSA) is 52.2 Å². The van der Waals surface area contributed by atoms with Crippen LogP contribution in [0.4, 0.5) is 0 Å². The van der Waals surface area contributed by atoms with Gasteiger partial charge in [-0.1, -0.05) is 40.6 Å². The molecule has 0 aliphatic carbocycles. The molecule has 0 radical (unpaired) electrons. The van der Waals surface area contributed by atoms with Crippen LogP contribution in [0.5, 0.6) is 0 Å². The summed E-state index contributed by atoms with van der Waals surface area (Å²) in [4.78, 5) is 17.5. The molecule has 0 unspecified atom stereocenters. The number of carbonyl (C=O) groups is 1. The number of aromatic nitrogens is 3. The van der Waals surface area contributed by atoms with E-state index in [2.05, 4.69) is 16.7 Å². The molecule has 3 aromatic rings. The SMILES string of the molecule is C=CCn1c(=NC(=O)c2cc(C)n(C(C)C)n2)sc2c(Cl)ccc(Cl)c21. The van der Waals surface area contributed by atoms with Crippen LogP contribution in [0.3, 0.4) is 0 Å². The van der Waals surface area contributed by atoms with E-state index in [1.54, 1.807) is 29.0 Å². The molecule has 2 heterocycles. The Morgan fingerprint density at radius 3 is 2.69 bits per heavy atom. The van der Waals surface area contributed by atoms with Crippen molar-refractivity contribution in [1.82, 2.24) is 14.3 Å². The standard InChI is InChI=1S/C18H18Cl2N4OS/c1-5-8-23-15-12(19)6-7-13(20)16(15)26-18(23)21-17(25)14-9-11(4)24(22-14)10(2)3/h5-7,9-10H,1,8H2,2-4H3. The fourth-order valence-electron chi connectivity index (χ4n) is 2.75. The van der Waals surface area contributed by atoms with Crippen LogP contribution in [0.1, 0.15) is 36.1 Å². The highest BCUT2D eigenvalue weighted by molar-refractivity contribution is 7.17. The van der Waals surface area contributed by atoms with Crippen molar-refractivity contribution in [3.63, 3.8) is 0 Å². The van der Waals surface area contributed by atoms with E-state index >= 15 is 0 Å². The van der Waals surface area contributed by atoms with Crippen molar-refractivity contribution in [2.24, 2.45) is 4.99 Å². The van der Waals surface area contributed by atoms with Gasteiger partial charge < -0.3 is 4.57 Å². The zero-order chi connectivity index (χ0) is 19.0. The van der Waals surface area contributed by atoms with Gasteiger partial charge in [-0.05, 0) is 39.0 Å². The molecule has 1 aromatic carbocycles. The first-order valence-corrected chi connectivity index (χ1v) is 9.64. The van der Waals surface area contributed by atoms with Crippen LogP contribution in [0.25, 0.3) is 10.2 Å². The van der Waals surface area contributed by atoms with Crippen LogP contribution >= 0.6 is 34.5 Å². The van der Waals surface area contributed by atoms with E-state index in [9.17, 15) is 4.79 Å². The summed E-state index contributed by atoms with van der Waals surface area (Å²) < 4.78 is 4.43. The first kappa shape index (κ1) is 18.9. The summed E-state index contributed by atoms with van der Waals surface area (Å²) >= 11 is 14.0. The summed E-state index contributed by atoms with van der Waals surface area (Å²) in [7, 11) is 0. The van der Waals surface area contributed by atoms with Crippen molar-refractivity contribution in [2.45, 2.75) is 33.4 Å². The van der Waals surface area contributed by atoms with Crippen LogP contribution in [0.15, 0.2) is 35.8 Å². The Labute approximate surface area is 165 Å². The third-order valence-corrected chi connectivity index (χ3v) is 5.71. The number of nitrogens with zero attached hydrogens (tertiary/aromatic N) is 4. The summed E-state index contributed by atoms with van der Waals surface area (Å²) in [5.41, 5.74) is 1.98. The molecular formula is C18H18Cl2N4OS. The summed E-state index contributed by atoms with van der Waals surface area (Å²) in [6, 6.07) is 5.39. The molecule has 3 rings (SSSR count). The highest BCUT2D eigenvalue weighted by Crippen LogP contribution is 2.31. The van der Waals surface area contributed by atoms with E-state index in [1.807, 2.05) is 25.3 Å². The second-order valence-corrected chi connectivity index (χ2v) is 7.91. The largest absolute Gasteiger partial charge is 0.311 e. The molecule has 1 amide bonds. The zero-order valence-corrected chi connectivity index (χ0v) is 17.0. The number of halogens is 2. The lowest BCUT2D eigenvalue weighted by Gasteiger charge is -2.06. The lowest BCUT2D eigenvalue weighted by Crippen LogP contribution is -2.16. The van der Waals surface area contributed by atoms with E-state index in [4.69, 9.17) is 23.2 Å². The minimum atomic E-state index is -0.399. The number of allylic oxidation sites excluding steroid dienone is 1. The van der Waals surface area contributed by atoms with Gasteiger partial charge in [0.05, 0.1) is 20.3 Å². The van der Waals surface area contributed by atoms with Crippen LogP contribution in [-0.4, -0.2) is 20.3 Å². The minimum absolute atomic E-state index is 0.171. The second kappa shape index (κ2) is 7.39. The number of hydrogen-bond acceptors (Lipinski definition) is 3. The Balaban J connectivity index is 2.18. The molecule has 0 saturated carbocycles. The number of benzene rings is 1. The Kier molecular flexibility index (Phi) is 5.37. The predicted octanol–water partition coefficient (Wildman–Crippen LogP) is 5.02. The van der Waals surface area contributed by atoms with Crippen molar-refractivity contribution in [2.75, 3.05) is 0 Å². The lowest BCUT2D eigenvalue weighted by molar-refractivity contribution is 0.0992. The van der Waals surface area contributed by atoms with Gasteiger partial charge >= 0.3 is 0 Å². The maximum atomic E-state index is 12.7. The number of amides is 1. The summed E-state index contributed by atoms with van der Waals surface area (Å²) in [5.74, 6) is -0.399. The maximum Gasteiger partial charge on any atom is 0.300 e. The molecule has 0 fully saturated rings. The second-order valence-electron chi connectivity index (χ2n) is 6.12. The summed E-state index contributed by atoms with van der Waals surface area (Å²) in [6.07, 6.45) is 1.73. The molecule has 2 aromatic heterocycles. The van der Waals surface area contributed by atoms with Crippen molar-refractivity contribution >= 4 is 50.7 Å². The van der Waals surface area contributed by atoms with Gasteiger partial charge in [-0.15, -0.1) is 6.58 Å².